The predicted octanol–water partition coefficient (Wildman–Crippen LogP) is 11.8. The standard InChI is InChI=1S/C44H36N4O2/c1-44(2,3)31-20-22-35(30-12-5-4-6-13-30)41(26-31)47-29-46(39-18-9-10-19-40(39)47)32-14-11-15-33(27-32)50-34-21-23-37-36-16-7-8-17-38(36)48(42(37)28-34)43-45-24-25-49-43/h4-28H,29H2,1-3H3. The molecule has 0 saturated heterocycles. The third-order valence-electron chi connectivity index (χ3n) is 9.61. The Labute approximate surface area is 291 Å². The Balaban J connectivity index is 1.09. The fourth-order valence-electron chi connectivity index (χ4n) is 7.12. The molecule has 2 aromatic heterocycles. The normalized spacial score (nSPS) is 12.9. The van der Waals surface area contributed by atoms with Gasteiger partial charge in [0.05, 0.1) is 34.3 Å². The molecule has 50 heavy (non-hydrogen) atoms. The van der Waals surface area contributed by atoms with Crippen molar-refractivity contribution < 1.29 is 9.15 Å². The minimum Gasteiger partial charge on any atom is -0.457 e. The summed E-state index contributed by atoms with van der Waals surface area (Å²) in [6.07, 6.45) is 3.27. The third kappa shape index (κ3) is 5.08. The maximum Gasteiger partial charge on any atom is 0.306 e. The Hall–Kier alpha value is -6.27. The number of aromatic nitrogens is 2. The average Bonchev–Trinajstić information content (AvgIpc) is 3.88. The van der Waals surface area contributed by atoms with Crippen molar-refractivity contribution in [1.82, 2.24) is 9.55 Å². The van der Waals surface area contributed by atoms with Crippen molar-refractivity contribution in [2.45, 2.75) is 26.2 Å². The van der Waals surface area contributed by atoms with Crippen molar-refractivity contribution in [2.75, 3.05) is 16.5 Å². The minimum atomic E-state index is 0.0143. The number of hydrogen-bond donors (Lipinski definition) is 0. The third-order valence-corrected chi connectivity index (χ3v) is 9.61. The van der Waals surface area contributed by atoms with Crippen LogP contribution in [0.15, 0.2) is 156 Å². The largest absolute Gasteiger partial charge is 0.457 e. The van der Waals surface area contributed by atoms with Crippen molar-refractivity contribution in [1.29, 1.82) is 0 Å². The van der Waals surface area contributed by atoms with Crippen molar-refractivity contribution in [2.24, 2.45) is 0 Å². The van der Waals surface area contributed by atoms with Crippen LogP contribution in [0.3, 0.4) is 0 Å². The molecule has 9 rings (SSSR count). The zero-order valence-electron chi connectivity index (χ0n) is 28.2. The maximum absolute atomic E-state index is 6.58. The van der Waals surface area contributed by atoms with Crippen molar-refractivity contribution in [3.8, 4) is 28.6 Å². The van der Waals surface area contributed by atoms with Crippen molar-refractivity contribution in [3.05, 3.63) is 158 Å². The summed E-state index contributed by atoms with van der Waals surface area (Å²) in [6, 6.07) is 49.6. The minimum absolute atomic E-state index is 0.0143. The summed E-state index contributed by atoms with van der Waals surface area (Å²) < 4.78 is 14.4. The van der Waals surface area contributed by atoms with Gasteiger partial charge in [0.15, 0.2) is 0 Å². The van der Waals surface area contributed by atoms with Gasteiger partial charge >= 0.3 is 6.01 Å². The molecule has 0 aliphatic carbocycles. The molecule has 0 radical (unpaired) electrons. The lowest BCUT2D eigenvalue weighted by molar-refractivity contribution is 0.483. The molecule has 0 spiro atoms. The summed E-state index contributed by atoms with van der Waals surface area (Å²) in [4.78, 5) is 9.27. The summed E-state index contributed by atoms with van der Waals surface area (Å²) in [5.41, 5.74) is 10.3. The van der Waals surface area contributed by atoms with E-state index in [1.807, 2.05) is 22.8 Å². The second-order valence-electron chi connectivity index (χ2n) is 13.8. The van der Waals surface area contributed by atoms with E-state index >= 15 is 0 Å². The number of fused-ring (bicyclic) bond motifs is 4. The fraction of sp³-hybridized carbons (Fsp3) is 0.114. The summed E-state index contributed by atoms with van der Waals surface area (Å²) >= 11 is 0. The molecule has 0 unspecified atom stereocenters. The smallest absolute Gasteiger partial charge is 0.306 e. The molecule has 6 aromatic carbocycles. The molecule has 0 N–H and O–H groups in total. The van der Waals surface area contributed by atoms with Gasteiger partial charge in [-0.15, -0.1) is 0 Å². The van der Waals surface area contributed by atoms with E-state index in [-0.39, 0.29) is 5.41 Å². The monoisotopic (exact) mass is 652 g/mol. The number of hydrogen-bond acceptors (Lipinski definition) is 5. The van der Waals surface area contributed by atoms with Gasteiger partial charge in [-0.3, -0.25) is 4.57 Å². The SMILES string of the molecule is CC(C)(C)c1ccc(-c2ccccc2)c(N2CN(c3cccc(Oc4ccc5c6ccccc6n(-c6ncco6)c5c4)c3)c3ccccc32)c1. The van der Waals surface area contributed by atoms with E-state index < -0.39 is 0 Å². The lowest BCUT2D eigenvalue weighted by Crippen LogP contribution is -2.25. The van der Waals surface area contributed by atoms with Crippen LogP contribution in [0.25, 0.3) is 38.9 Å². The quantitative estimate of drug-likeness (QED) is 0.179. The molecule has 0 bridgehead atoms. The first-order chi connectivity index (χ1) is 24.4. The van der Waals surface area contributed by atoms with E-state index in [1.54, 1.807) is 12.5 Å². The number of nitrogens with zero attached hydrogens (tertiary/aromatic N) is 4. The second kappa shape index (κ2) is 11.7. The highest BCUT2D eigenvalue weighted by molar-refractivity contribution is 6.09. The van der Waals surface area contributed by atoms with Crippen LogP contribution in [0, 0.1) is 0 Å². The first kappa shape index (κ1) is 29.8. The molecule has 0 atom stereocenters. The Morgan fingerprint density at radius 3 is 2.16 bits per heavy atom. The van der Waals surface area contributed by atoms with Crippen LogP contribution in [-0.2, 0) is 5.41 Å². The number of oxazole rings is 1. The van der Waals surface area contributed by atoms with Gasteiger partial charge in [0, 0.05) is 34.2 Å². The van der Waals surface area contributed by atoms with Crippen LogP contribution in [0.2, 0.25) is 0 Å². The average molecular weight is 653 g/mol. The molecule has 1 aliphatic rings. The zero-order valence-corrected chi connectivity index (χ0v) is 28.2. The second-order valence-corrected chi connectivity index (χ2v) is 13.8. The number of anilines is 4. The zero-order chi connectivity index (χ0) is 33.8. The maximum atomic E-state index is 6.58. The molecular formula is C44H36N4O2. The van der Waals surface area contributed by atoms with Gasteiger partial charge in [-0.05, 0) is 65.1 Å². The van der Waals surface area contributed by atoms with Crippen LogP contribution in [-0.4, -0.2) is 16.2 Å². The van der Waals surface area contributed by atoms with Crippen molar-refractivity contribution in [3.63, 3.8) is 0 Å². The van der Waals surface area contributed by atoms with Gasteiger partial charge in [-0.25, -0.2) is 4.98 Å². The molecule has 1 aliphatic heterocycles. The summed E-state index contributed by atoms with van der Waals surface area (Å²) in [5.74, 6) is 1.50. The topological polar surface area (TPSA) is 46.7 Å². The van der Waals surface area contributed by atoms with Crippen LogP contribution in [0.5, 0.6) is 11.5 Å². The molecule has 6 nitrogen and oxygen atoms in total. The highest BCUT2D eigenvalue weighted by atomic mass is 16.5. The first-order valence-electron chi connectivity index (χ1n) is 17.0. The van der Waals surface area contributed by atoms with Crippen molar-refractivity contribution >= 4 is 44.6 Å². The summed E-state index contributed by atoms with van der Waals surface area (Å²) in [7, 11) is 0. The highest BCUT2D eigenvalue weighted by Gasteiger charge is 2.30. The molecule has 0 amide bonds. The van der Waals surface area contributed by atoms with E-state index in [0.29, 0.717) is 12.7 Å². The van der Waals surface area contributed by atoms with Crippen LogP contribution < -0.4 is 14.5 Å². The number of para-hydroxylation sites is 3. The van der Waals surface area contributed by atoms with Gasteiger partial charge in [0.2, 0.25) is 0 Å². The Morgan fingerprint density at radius 1 is 0.620 bits per heavy atom. The van der Waals surface area contributed by atoms with Crippen LogP contribution in [0.1, 0.15) is 26.3 Å². The molecule has 0 saturated carbocycles. The predicted molar refractivity (Wildman–Crippen MR) is 204 cm³/mol. The van der Waals surface area contributed by atoms with E-state index in [1.165, 1.54) is 28.1 Å². The number of ether oxygens (including phenoxy) is 1. The molecule has 3 heterocycles. The Bertz CT molecular complexity index is 2490. The van der Waals surface area contributed by atoms with Gasteiger partial charge < -0.3 is 19.0 Å². The van der Waals surface area contributed by atoms with E-state index in [4.69, 9.17) is 9.15 Å². The first-order valence-corrected chi connectivity index (χ1v) is 17.0. The molecule has 244 valence electrons. The Morgan fingerprint density at radius 2 is 1.36 bits per heavy atom. The lowest BCUT2D eigenvalue weighted by Gasteiger charge is -2.27. The van der Waals surface area contributed by atoms with E-state index in [0.717, 1.165) is 44.7 Å². The molecule has 0 fully saturated rings. The van der Waals surface area contributed by atoms with Crippen LogP contribution >= 0.6 is 0 Å². The highest BCUT2D eigenvalue weighted by Crippen LogP contribution is 2.48. The number of rotatable bonds is 6. The van der Waals surface area contributed by atoms with Gasteiger partial charge in [0.25, 0.3) is 0 Å². The molecular weight excluding hydrogens is 617 g/mol. The number of benzene rings is 6. The van der Waals surface area contributed by atoms with Gasteiger partial charge in [-0.2, -0.15) is 0 Å². The van der Waals surface area contributed by atoms with E-state index in [2.05, 4.69) is 157 Å². The van der Waals surface area contributed by atoms with Crippen LogP contribution in [0.4, 0.5) is 22.7 Å². The van der Waals surface area contributed by atoms with E-state index in [9.17, 15) is 0 Å². The van der Waals surface area contributed by atoms with Gasteiger partial charge in [0.1, 0.15) is 24.4 Å². The fourth-order valence-corrected chi connectivity index (χ4v) is 7.12. The van der Waals surface area contributed by atoms with Gasteiger partial charge in [-0.1, -0.05) is 99.6 Å². The molecule has 6 heteroatoms. The summed E-state index contributed by atoms with van der Waals surface area (Å²) in [6.45, 7) is 7.48. The molecule has 8 aromatic rings. The summed E-state index contributed by atoms with van der Waals surface area (Å²) in [5, 5.41) is 2.24. The lowest BCUT2D eigenvalue weighted by atomic mass is 9.85. The Kier molecular flexibility index (Phi) is 6.99.